The Morgan fingerprint density at radius 3 is 1.95 bits per heavy atom. The average Bonchev–Trinajstić information content (AvgIpc) is 2.30. The molecule has 0 aromatic rings. The number of nitrogens with zero attached hydrogens (tertiary/aromatic N) is 2. The Hall–Kier alpha value is -0.706. The van der Waals surface area contributed by atoms with E-state index in [1.165, 1.54) is 7.05 Å². The SMILES string of the molecule is CN1C(=O)N(C)C(CO[Si](C)(C)C)C(C)(O[Si](C)(C)C)C1=O. The van der Waals surface area contributed by atoms with Crippen LogP contribution in [0.3, 0.4) is 0 Å². The van der Waals surface area contributed by atoms with Gasteiger partial charge in [0.05, 0.1) is 12.6 Å². The lowest BCUT2D eigenvalue weighted by Gasteiger charge is -2.50. The molecule has 0 aromatic carbocycles. The molecule has 0 aromatic heterocycles. The fourth-order valence-corrected chi connectivity index (χ4v) is 4.80. The van der Waals surface area contributed by atoms with Crippen molar-refractivity contribution in [2.75, 3.05) is 20.7 Å². The van der Waals surface area contributed by atoms with E-state index in [9.17, 15) is 9.59 Å². The predicted molar refractivity (Wildman–Crippen MR) is 91.9 cm³/mol. The van der Waals surface area contributed by atoms with Gasteiger partial charge in [0.15, 0.2) is 22.2 Å². The average molecular weight is 347 g/mol. The molecule has 8 heteroatoms. The normalized spacial score (nSPS) is 27.6. The van der Waals surface area contributed by atoms with Gasteiger partial charge in [-0.2, -0.15) is 0 Å². The number of rotatable bonds is 5. The lowest BCUT2D eigenvalue weighted by atomic mass is 9.92. The summed E-state index contributed by atoms with van der Waals surface area (Å²) in [5, 5.41) is 0. The number of likely N-dealkylation sites (N-methyl/N-ethyl adjacent to an activating group) is 2. The van der Waals surface area contributed by atoms with Crippen molar-refractivity contribution in [3.8, 4) is 0 Å². The number of carbonyl (C=O) groups excluding carboxylic acids is 2. The van der Waals surface area contributed by atoms with E-state index < -0.39 is 28.3 Å². The molecule has 1 heterocycles. The van der Waals surface area contributed by atoms with Crippen molar-refractivity contribution >= 4 is 28.6 Å². The Labute approximate surface area is 136 Å². The van der Waals surface area contributed by atoms with Crippen LogP contribution in [0, 0.1) is 0 Å². The molecule has 1 rings (SSSR count). The summed E-state index contributed by atoms with van der Waals surface area (Å²) in [6.07, 6.45) is 0. The minimum atomic E-state index is -1.99. The van der Waals surface area contributed by atoms with E-state index >= 15 is 0 Å². The summed E-state index contributed by atoms with van der Waals surface area (Å²) in [4.78, 5) is 27.7. The second-order valence-electron chi connectivity index (χ2n) is 8.02. The molecule has 2 atom stereocenters. The molecule has 1 aliphatic heterocycles. The van der Waals surface area contributed by atoms with Gasteiger partial charge >= 0.3 is 6.03 Å². The van der Waals surface area contributed by atoms with Crippen molar-refractivity contribution in [1.29, 1.82) is 0 Å². The number of amides is 3. The van der Waals surface area contributed by atoms with E-state index in [-0.39, 0.29) is 11.9 Å². The molecule has 0 aliphatic carbocycles. The lowest BCUT2D eigenvalue weighted by molar-refractivity contribution is -0.156. The minimum absolute atomic E-state index is 0.290. The quantitative estimate of drug-likeness (QED) is 0.717. The first-order valence-electron chi connectivity index (χ1n) is 7.58. The van der Waals surface area contributed by atoms with Gasteiger partial charge in [0.25, 0.3) is 5.91 Å². The lowest BCUT2D eigenvalue weighted by Crippen LogP contribution is -2.71. The van der Waals surface area contributed by atoms with Crippen LogP contribution >= 0.6 is 0 Å². The zero-order valence-electron chi connectivity index (χ0n) is 15.3. The topological polar surface area (TPSA) is 59.1 Å². The molecule has 0 N–H and O–H groups in total. The van der Waals surface area contributed by atoms with Crippen LogP contribution < -0.4 is 0 Å². The summed E-state index contributed by atoms with van der Waals surface area (Å²) in [5.41, 5.74) is -1.07. The van der Waals surface area contributed by atoms with Crippen LogP contribution in [-0.2, 0) is 13.6 Å². The van der Waals surface area contributed by atoms with Crippen LogP contribution in [0.25, 0.3) is 0 Å². The fourth-order valence-electron chi connectivity index (χ4n) is 2.65. The first-order valence-corrected chi connectivity index (χ1v) is 14.4. The minimum Gasteiger partial charge on any atom is -0.415 e. The van der Waals surface area contributed by atoms with Gasteiger partial charge in [-0.15, -0.1) is 0 Å². The molecule has 1 aliphatic rings. The molecule has 1 fully saturated rings. The third-order valence-electron chi connectivity index (χ3n) is 3.61. The smallest absolute Gasteiger partial charge is 0.326 e. The van der Waals surface area contributed by atoms with Crippen LogP contribution in [-0.4, -0.2) is 70.7 Å². The highest BCUT2D eigenvalue weighted by Crippen LogP contribution is 2.32. The van der Waals surface area contributed by atoms with Crippen LogP contribution in [0.15, 0.2) is 0 Å². The van der Waals surface area contributed by atoms with Crippen molar-refractivity contribution in [2.45, 2.75) is 57.8 Å². The first kappa shape index (κ1) is 19.3. The molecule has 0 bridgehead atoms. The first-order chi connectivity index (χ1) is 9.69. The van der Waals surface area contributed by atoms with Gasteiger partial charge in [-0.1, -0.05) is 0 Å². The number of urea groups is 1. The molecular weight excluding hydrogens is 316 g/mol. The highest BCUT2D eigenvalue weighted by Gasteiger charge is 2.55. The van der Waals surface area contributed by atoms with Crippen LogP contribution in [0.2, 0.25) is 39.3 Å². The van der Waals surface area contributed by atoms with E-state index in [4.69, 9.17) is 8.85 Å². The second-order valence-corrected chi connectivity index (χ2v) is 17.0. The molecule has 0 radical (unpaired) electrons. The van der Waals surface area contributed by atoms with Crippen LogP contribution in [0.1, 0.15) is 6.92 Å². The van der Waals surface area contributed by atoms with E-state index in [2.05, 4.69) is 19.6 Å². The maximum absolute atomic E-state index is 12.7. The molecule has 0 spiro atoms. The van der Waals surface area contributed by atoms with E-state index in [0.29, 0.717) is 6.61 Å². The van der Waals surface area contributed by atoms with Gasteiger partial charge in [-0.05, 0) is 46.2 Å². The highest BCUT2D eigenvalue weighted by atomic mass is 28.4. The molecule has 2 unspecified atom stereocenters. The summed E-state index contributed by atoms with van der Waals surface area (Å²) < 4.78 is 12.2. The van der Waals surface area contributed by atoms with Crippen molar-refractivity contribution < 1.29 is 18.4 Å². The summed E-state index contributed by atoms with van der Waals surface area (Å²) in [6, 6.07) is -0.729. The molecule has 128 valence electrons. The third kappa shape index (κ3) is 4.18. The number of imide groups is 1. The van der Waals surface area contributed by atoms with Crippen molar-refractivity contribution in [3.63, 3.8) is 0 Å². The Morgan fingerprint density at radius 2 is 1.55 bits per heavy atom. The summed E-state index contributed by atoms with van der Waals surface area (Å²) in [5.74, 6) is -0.290. The van der Waals surface area contributed by atoms with Gasteiger partial charge in [-0.25, -0.2) is 4.79 Å². The van der Waals surface area contributed by atoms with Crippen molar-refractivity contribution in [3.05, 3.63) is 0 Å². The molecular formula is C14H30N2O4Si2. The van der Waals surface area contributed by atoms with Gasteiger partial charge < -0.3 is 13.8 Å². The zero-order chi connectivity index (χ0) is 17.5. The molecule has 0 saturated carbocycles. The largest absolute Gasteiger partial charge is 0.415 e. The highest BCUT2D eigenvalue weighted by molar-refractivity contribution is 6.70. The van der Waals surface area contributed by atoms with Crippen molar-refractivity contribution in [1.82, 2.24) is 9.80 Å². The molecule has 22 heavy (non-hydrogen) atoms. The summed E-state index contributed by atoms with van der Waals surface area (Å²) in [7, 11) is -0.540. The van der Waals surface area contributed by atoms with E-state index in [0.717, 1.165) is 4.90 Å². The third-order valence-corrected chi connectivity index (χ3v) is 5.68. The predicted octanol–water partition coefficient (Wildman–Crippen LogP) is 2.34. The maximum Gasteiger partial charge on any atom is 0.326 e. The monoisotopic (exact) mass is 346 g/mol. The van der Waals surface area contributed by atoms with Gasteiger partial charge in [0.1, 0.15) is 0 Å². The standard InChI is InChI=1S/C14H30N2O4Si2/c1-14(20-22(7,8)9)11(10-19-21(4,5)6)15(2)13(18)16(3)12(14)17/h11H,10H2,1-9H3. The number of hydrogen-bond donors (Lipinski definition) is 0. The fraction of sp³-hybridized carbons (Fsp3) is 0.857. The molecule has 3 amide bonds. The Balaban J connectivity index is 3.18. The van der Waals surface area contributed by atoms with E-state index in [1.807, 2.05) is 19.6 Å². The zero-order valence-corrected chi connectivity index (χ0v) is 17.3. The Bertz CT molecular complexity index is 459. The van der Waals surface area contributed by atoms with Crippen LogP contribution in [0.4, 0.5) is 4.79 Å². The van der Waals surface area contributed by atoms with Crippen LogP contribution in [0.5, 0.6) is 0 Å². The molecule has 6 nitrogen and oxygen atoms in total. The van der Waals surface area contributed by atoms with Gasteiger partial charge in [0.2, 0.25) is 0 Å². The van der Waals surface area contributed by atoms with E-state index in [1.54, 1.807) is 18.9 Å². The number of hydrogen-bond acceptors (Lipinski definition) is 4. The van der Waals surface area contributed by atoms with Gasteiger partial charge in [0, 0.05) is 14.1 Å². The number of carbonyl (C=O) groups is 2. The Morgan fingerprint density at radius 1 is 1.05 bits per heavy atom. The second kappa shape index (κ2) is 6.06. The van der Waals surface area contributed by atoms with Crippen molar-refractivity contribution in [2.24, 2.45) is 0 Å². The maximum atomic E-state index is 12.7. The van der Waals surface area contributed by atoms with Gasteiger partial charge in [-0.3, -0.25) is 9.69 Å². The Kier molecular flexibility index (Phi) is 5.33. The molecule has 1 saturated heterocycles. The summed E-state index contributed by atoms with van der Waals surface area (Å²) in [6.45, 7) is 14.5. The summed E-state index contributed by atoms with van der Waals surface area (Å²) >= 11 is 0.